The molecule has 3 aromatic rings. The molecule has 0 aliphatic heterocycles. The Morgan fingerprint density at radius 3 is 2.61 bits per heavy atom. The summed E-state index contributed by atoms with van der Waals surface area (Å²) in [5.41, 5.74) is 2.33. The SMILES string of the molecule is CC(C)C(=O)NCc1ccccc1NCc1cc2ccc(F)c(F)c2nc1Cl. The summed E-state index contributed by atoms with van der Waals surface area (Å²) in [6, 6.07) is 11.8. The van der Waals surface area contributed by atoms with E-state index in [1.54, 1.807) is 6.07 Å². The molecule has 3 rings (SSSR count). The number of fused-ring (bicyclic) bond motifs is 1. The highest BCUT2D eigenvalue weighted by molar-refractivity contribution is 6.30. The maximum atomic E-state index is 13.9. The van der Waals surface area contributed by atoms with Crippen molar-refractivity contribution < 1.29 is 13.6 Å². The van der Waals surface area contributed by atoms with E-state index in [1.165, 1.54) is 6.07 Å². The second kappa shape index (κ2) is 8.52. The van der Waals surface area contributed by atoms with Gasteiger partial charge in [-0.25, -0.2) is 13.8 Å². The fourth-order valence-corrected chi connectivity index (χ4v) is 2.96. The second-order valence-electron chi connectivity index (χ2n) is 6.75. The zero-order valence-corrected chi connectivity index (χ0v) is 16.3. The quantitative estimate of drug-likeness (QED) is 0.566. The molecule has 0 aliphatic rings. The first-order chi connectivity index (χ1) is 13.4. The topological polar surface area (TPSA) is 54.0 Å². The molecule has 0 spiro atoms. The lowest BCUT2D eigenvalue weighted by Gasteiger charge is -2.14. The largest absolute Gasteiger partial charge is 0.381 e. The molecule has 4 nitrogen and oxygen atoms in total. The summed E-state index contributed by atoms with van der Waals surface area (Å²) < 4.78 is 27.2. The number of hydrogen-bond acceptors (Lipinski definition) is 3. The molecule has 0 fully saturated rings. The van der Waals surface area contributed by atoms with Crippen LogP contribution < -0.4 is 10.6 Å². The Kier molecular flexibility index (Phi) is 6.09. The standard InChI is InChI=1S/C21H20ClF2N3O/c1-12(2)21(28)26-10-14-5-3-4-6-17(14)25-11-15-9-13-7-8-16(23)18(24)19(13)27-20(15)22/h3-9,12,25H,10-11H2,1-2H3,(H,26,28). The predicted octanol–water partition coefficient (Wildman–Crippen LogP) is 5.05. The molecule has 0 aliphatic carbocycles. The van der Waals surface area contributed by atoms with Gasteiger partial charge in [-0.2, -0.15) is 0 Å². The van der Waals surface area contributed by atoms with Crippen molar-refractivity contribution in [2.75, 3.05) is 5.32 Å². The molecule has 1 amide bonds. The fraction of sp³-hybridized carbons (Fsp3) is 0.238. The number of pyridine rings is 1. The van der Waals surface area contributed by atoms with Crippen LogP contribution in [0.15, 0.2) is 42.5 Å². The molecule has 1 heterocycles. The molecule has 146 valence electrons. The first kappa shape index (κ1) is 20.0. The summed E-state index contributed by atoms with van der Waals surface area (Å²) in [5, 5.41) is 6.74. The molecular formula is C21H20ClF2N3O. The number of anilines is 1. The zero-order valence-electron chi connectivity index (χ0n) is 15.5. The van der Waals surface area contributed by atoms with E-state index in [0.29, 0.717) is 24.0 Å². The summed E-state index contributed by atoms with van der Waals surface area (Å²) in [7, 11) is 0. The molecule has 1 aromatic heterocycles. The van der Waals surface area contributed by atoms with Gasteiger partial charge in [0.2, 0.25) is 5.91 Å². The molecule has 0 radical (unpaired) electrons. The van der Waals surface area contributed by atoms with Gasteiger partial charge in [0.25, 0.3) is 0 Å². The van der Waals surface area contributed by atoms with E-state index in [0.717, 1.165) is 17.3 Å². The maximum Gasteiger partial charge on any atom is 0.222 e. The molecule has 0 atom stereocenters. The van der Waals surface area contributed by atoms with E-state index < -0.39 is 11.6 Å². The summed E-state index contributed by atoms with van der Waals surface area (Å²) in [6.45, 7) is 4.41. The lowest BCUT2D eigenvalue weighted by molar-refractivity contribution is -0.124. The van der Waals surface area contributed by atoms with Crippen LogP contribution in [0, 0.1) is 17.6 Å². The normalized spacial score (nSPS) is 11.1. The third-order valence-electron chi connectivity index (χ3n) is 4.37. The van der Waals surface area contributed by atoms with Crippen molar-refractivity contribution in [1.29, 1.82) is 0 Å². The van der Waals surface area contributed by atoms with Gasteiger partial charge in [-0.3, -0.25) is 4.79 Å². The average Bonchev–Trinajstić information content (AvgIpc) is 2.68. The van der Waals surface area contributed by atoms with E-state index in [4.69, 9.17) is 11.6 Å². The van der Waals surface area contributed by atoms with E-state index in [9.17, 15) is 13.6 Å². The van der Waals surface area contributed by atoms with Crippen LogP contribution >= 0.6 is 11.6 Å². The smallest absolute Gasteiger partial charge is 0.222 e. The first-order valence-electron chi connectivity index (χ1n) is 8.89. The van der Waals surface area contributed by atoms with Gasteiger partial charge in [-0.15, -0.1) is 0 Å². The van der Waals surface area contributed by atoms with Crippen molar-refractivity contribution in [3.05, 3.63) is 70.4 Å². The van der Waals surface area contributed by atoms with Crippen molar-refractivity contribution in [3.8, 4) is 0 Å². The number of benzene rings is 2. The lowest BCUT2D eigenvalue weighted by atomic mass is 10.1. The van der Waals surface area contributed by atoms with E-state index in [-0.39, 0.29) is 22.5 Å². The molecule has 0 bridgehead atoms. The molecule has 7 heteroatoms. The minimum Gasteiger partial charge on any atom is -0.381 e. The first-order valence-corrected chi connectivity index (χ1v) is 9.27. The van der Waals surface area contributed by atoms with Crippen LogP contribution in [0.1, 0.15) is 25.0 Å². The molecule has 0 saturated heterocycles. The number of rotatable bonds is 6. The van der Waals surface area contributed by atoms with Crippen LogP contribution in [0.25, 0.3) is 10.9 Å². The van der Waals surface area contributed by atoms with Crippen LogP contribution in [-0.4, -0.2) is 10.9 Å². The Morgan fingerprint density at radius 1 is 1.11 bits per heavy atom. The van der Waals surface area contributed by atoms with Crippen molar-refractivity contribution in [1.82, 2.24) is 10.3 Å². The van der Waals surface area contributed by atoms with Crippen molar-refractivity contribution in [2.24, 2.45) is 5.92 Å². The molecular weight excluding hydrogens is 384 g/mol. The van der Waals surface area contributed by atoms with Crippen LogP contribution in [0.2, 0.25) is 5.15 Å². The van der Waals surface area contributed by atoms with Crippen LogP contribution in [-0.2, 0) is 17.9 Å². The number of amides is 1. The van der Waals surface area contributed by atoms with Gasteiger partial charge in [-0.05, 0) is 29.8 Å². The second-order valence-corrected chi connectivity index (χ2v) is 7.11. The van der Waals surface area contributed by atoms with Crippen LogP contribution in [0.3, 0.4) is 0 Å². The number of hydrogen-bond donors (Lipinski definition) is 2. The highest BCUT2D eigenvalue weighted by Gasteiger charge is 2.13. The van der Waals surface area contributed by atoms with Gasteiger partial charge < -0.3 is 10.6 Å². The van der Waals surface area contributed by atoms with Crippen molar-refractivity contribution >= 4 is 34.1 Å². The Morgan fingerprint density at radius 2 is 1.86 bits per heavy atom. The molecule has 0 saturated carbocycles. The van der Waals surface area contributed by atoms with Crippen LogP contribution in [0.5, 0.6) is 0 Å². The van der Waals surface area contributed by atoms with Gasteiger partial charge in [0.1, 0.15) is 10.7 Å². The molecule has 0 unspecified atom stereocenters. The maximum absolute atomic E-state index is 13.9. The number of carbonyl (C=O) groups is 1. The fourth-order valence-electron chi connectivity index (χ4n) is 2.75. The van der Waals surface area contributed by atoms with Gasteiger partial charge in [0.05, 0.1) is 0 Å². The molecule has 2 aromatic carbocycles. The number of para-hydroxylation sites is 1. The average molecular weight is 404 g/mol. The number of nitrogens with one attached hydrogen (secondary N) is 2. The minimum atomic E-state index is -1.01. The van der Waals surface area contributed by atoms with Gasteiger partial charge in [-0.1, -0.05) is 43.6 Å². The van der Waals surface area contributed by atoms with E-state index in [1.807, 2.05) is 38.1 Å². The van der Waals surface area contributed by atoms with E-state index in [2.05, 4.69) is 15.6 Å². The van der Waals surface area contributed by atoms with Crippen molar-refractivity contribution in [2.45, 2.75) is 26.9 Å². The third-order valence-corrected chi connectivity index (χ3v) is 4.70. The van der Waals surface area contributed by atoms with Gasteiger partial charge in [0, 0.05) is 35.6 Å². The van der Waals surface area contributed by atoms with Gasteiger partial charge in [0.15, 0.2) is 11.6 Å². The Balaban J connectivity index is 1.78. The summed E-state index contributed by atoms with van der Waals surface area (Å²) in [4.78, 5) is 15.8. The summed E-state index contributed by atoms with van der Waals surface area (Å²) in [6.07, 6.45) is 0. The highest BCUT2D eigenvalue weighted by Crippen LogP contribution is 2.25. The number of nitrogens with zero attached hydrogens (tertiary/aromatic N) is 1. The molecule has 28 heavy (non-hydrogen) atoms. The Hall–Kier alpha value is -2.73. The van der Waals surface area contributed by atoms with Crippen LogP contribution in [0.4, 0.5) is 14.5 Å². The zero-order chi connectivity index (χ0) is 20.3. The monoisotopic (exact) mass is 403 g/mol. The number of halogens is 3. The summed E-state index contributed by atoms with van der Waals surface area (Å²) >= 11 is 6.17. The number of aromatic nitrogens is 1. The minimum absolute atomic E-state index is 0.0224. The number of carbonyl (C=O) groups excluding carboxylic acids is 1. The molecule has 2 N–H and O–H groups in total. The highest BCUT2D eigenvalue weighted by atomic mass is 35.5. The van der Waals surface area contributed by atoms with E-state index >= 15 is 0 Å². The van der Waals surface area contributed by atoms with Crippen molar-refractivity contribution in [3.63, 3.8) is 0 Å². The third kappa shape index (κ3) is 4.39. The Bertz CT molecular complexity index is 1020. The lowest BCUT2D eigenvalue weighted by Crippen LogP contribution is -2.27. The van der Waals surface area contributed by atoms with Gasteiger partial charge >= 0.3 is 0 Å². The predicted molar refractivity (Wildman–Crippen MR) is 107 cm³/mol. The summed E-state index contributed by atoms with van der Waals surface area (Å²) in [5.74, 6) is -2.08. The Labute approximate surface area is 166 Å².